The molecule has 0 spiro atoms. The van der Waals surface area contributed by atoms with Gasteiger partial charge in [-0.3, -0.25) is 4.79 Å². The molecule has 22 heavy (non-hydrogen) atoms. The van der Waals surface area contributed by atoms with Gasteiger partial charge in [-0.05, 0) is 48.5 Å². The Morgan fingerprint density at radius 2 is 1.59 bits per heavy atom. The Kier molecular flexibility index (Phi) is 3.70. The number of nitrogens with zero attached hydrogens (tertiary/aromatic N) is 1. The van der Waals surface area contributed by atoms with Crippen LogP contribution in [0.3, 0.4) is 0 Å². The largest absolute Gasteiger partial charge is 0.324 e. The van der Waals surface area contributed by atoms with Crippen LogP contribution in [-0.4, -0.2) is 10.5 Å². The standard InChI is InChI=1S/C17H12F2N2O/c18-15-8-5-13(11-16(15)19)20-17(22)12-3-6-14(7-4-12)21-9-1-2-10-21/h1-11H,(H,20,22). The summed E-state index contributed by atoms with van der Waals surface area (Å²) in [6.45, 7) is 0. The van der Waals surface area contributed by atoms with Crippen molar-refractivity contribution in [3.63, 3.8) is 0 Å². The van der Waals surface area contributed by atoms with E-state index < -0.39 is 11.6 Å². The van der Waals surface area contributed by atoms with Gasteiger partial charge in [-0.25, -0.2) is 8.78 Å². The van der Waals surface area contributed by atoms with Crippen molar-refractivity contribution >= 4 is 11.6 Å². The number of nitrogens with one attached hydrogen (secondary N) is 1. The van der Waals surface area contributed by atoms with Gasteiger partial charge in [0.1, 0.15) is 0 Å². The second-order valence-corrected chi connectivity index (χ2v) is 4.72. The number of carbonyl (C=O) groups excluding carboxylic acids is 1. The van der Waals surface area contributed by atoms with Gasteiger partial charge in [0, 0.05) is 35.4 Å². The van der Waals surface area contributed by atoms with Crippen molar-refractivity contribution in [2.75, 3.05) is 5.32 Å². The fourth-order valence-corrected chi connectivity index (χ4v) is 2.07. The molecule has 0 aliphatic carbocycles. The lowest BCUT2D eigenvalue weighted by Gasteiger charge is -2.07. The molecule has 3 rings (SSSR count). The molecule has 0 fully saturated rings. The highest BCUT2D eigenvalue weighted by Crippen LogP contribution is 2.15. The van der Waals surface area contributed by atoms with Crippen LogP contribution in [0.25, 0.3) is 5.69 Å². The number of anilines is 1. The van der Waals surface area contributed by atoms with E-state index in [1.165, 1.54) is 6.07 Å². The molecule has 3 aromatic rings. The molecule has 0 radical (unpaired) electrons. The lowest BCUT2D eigenvalue weighted by atomic mass is 10.2. The van der Waals surface area contributed by atoms with Crippen LogP contribution in [0.1, 0.15) is 10.4 Å². The van der Waals surface area contributed by atoms with Crippen molar-refractivity contribution in [3.05, 3.63) is 84.2 Å². The topological polar surface area (TPSA) is 34.0 Å². The zero-order chi connectivity index (χ0) is 15.5. The van der Waals surface area contributed by atoms with Gasteiger partial charge < -0.3 is 9.88 Å². The lowest BCUT2D eigenvalue weighted by molar-refractivity contribution is 0.102. The van der Waals surface area contributed by atoms with Crippen molar-refractivity contribution in [1.82, 2.24) is 4.57 Å². The molecule has 5 heteroatoms. The number of hydrogen-bond acceptors (Lipinski definition) is 1. The van der Waals surface area contributed by atoms with Crippen LogP contribution < -0.4 is 5.32 Å². The zero-order valence-electron chi connectivity index (χ0n) is 11.5. The predicted octanol–water partition coefficient (Wildman–Crippen LogP) is 4.01. The number of benzene rings is 2. The molecular weight excluding hydrogens is 286 g/mol. The van der Waals surface area contributed by atoms with E-state index >= 15 is 0 Å². The molecule has 1 aromatic heterocycles. The monoisotopic (exact) mass is 298 g/mol. The third-order valence-corrected chi connectivity index (χ3v) is 3.21. The Morgan fingerprint density at radius 3 is 2.23 bits per heavy atom. The maximum absolute atomic E-state index is 13.1. The van der Waals surface area contributed by atoms with Crippen molar-refractivity contribution in [2.24, 2.45) is 0 Å². The summed E-state index contributed by atoms with van der Waals surface area (Å²) in [5, 5.41) is 2.53. The van der Waals surface area contributed by atoms with Crippen LogP contribution in [0.2, 0.25) is 0 Å². The van der Waals surface area contributed by atoms with Crippen LogP contribution in [0, 0.1) is 11.6 Å². The molecule has 1 amide bonds. The normalized spacial score (nSPS) is 10.5. The SMILES string of the molecule is O=C(Nc1ccc(F)c(F)c1)c1ccc(-n2cccc2)cc1. The number of hydrogen-bond donors (Lipinski definition) is 1. The van der Waals surface area contributed by atoms with Crippen LogP contribution >= 0.6 is 0 Å². The Bertz CT molecular complexity index is 796. The van der Waals surface area contributed by atoms with Crippen LogP contribution in [0.15, 0.2) is 67.0 Å². The van der Waals surface area contributed by atoms with Crippen LogP contribution in [-0.2, 0) is 0 Å². The minimum Gasteiger partial charge on any atom is -0.324 e. The molecule has 110 valence electrons. The van der Waals surface area contributed by atoms with Crippen LogP contribution in [0.5, 0.6) is 0 Å². The summed E-state index contributed by atoms with van der Waals surface area (Å²) >= 11 is 0. The van der Waals surface area contributed by atoms with Crippen molar-refractivity contribution < 1.29 is 13.6 Å². The summed E-state index contributed by atoms with van der Waals surface area (Å²) in [6, 6.07) is 14.0. The number of carbonyl (C=O) groups is 1. The highest BCUT2D eigenvalue weighted by molar-refractivity contribution is 6.04. The summed E-state index contributed by atoms with van der Waals surface area (Å²) in [6.07, 6.45) is 3.80. The third kappa shape index (κ3) is 2.88. The fraction of sp³-hybridized carbons (Fsp3) is 0. The van der Waals surface area contributed by atoms with E-state index in [4.69, 9.17) is 0 Å². The number of rotatable bonds is 3. The molecule has 2 aromatic carbocycles. The molecule has 1 N–H and O–H groups in total. The molecule has 0 unspecified atom stereocenters. The van der Waals surface area contributed by atoms with Gasteiger partial charge in [0.05, 0.1) is 0 Å². The maximum Gasteiger partial charge on any atom is 0.255 e. The lowest BCUT2D eigenvalue weighted by Crippen LogP contribution is -2.12. The third-order valence-electron chi connectivity index (χ3n) is 3.21. The average molecular weight is 298 g/mol. The number of halogens is 2. The summed E-state index contributed by atoms with van der Waals surface area (Å²) in [5.74, 6) is -2.33. The fourth-order valence-electron chi connectivity index (χ4n) is 2.07. The Hall–Kier alpha value is -2.95. The molecule has 0 atom stereocenters. The Balaban J connectivity index is 1.76. The predicted molar refractivity (Wildman–Crippen MR) is 80.1 cm³/mol. The van der Waals surface area contributed by atoms with Gasteiger partial charge in [-0.2, -0.15) is 0 Å². The van der Waals surface area contributed by atoms with Crippen molar-refractivity contribution in [2.45, 2.75) is 0 Å². The molecule has 0 bridgehead atoms. The van der Waals surface area contributed by atoms with Crippen molar-refractivity contribution in [3.8, 4) is 5.69 Å². The van der Waals surface area contributed by atoms with Gasteiger partial charge >= 0.3 is 0 Å². The second kappa shape index (κ2) is 5.81. The van der Waals surface area contributed by atoms with Crippen LogP contribution in [0.4, 0.5) is 14.5 Å². The smallest absolute Gasteiger partial charge is 0.255 e. The first-order valence-corrected chi connectivity index (χ1v) is 6.63. The molecule has 1 heterocycles. The summed E-state index contributed by atoms with van der Waals surface area (Å²) in [4.78, 5) is 12.1. The van der Waals surface area contributed by atoms with Gasteiger partial charge in [0.15, 0.2) is 11.6 Å². The molecule has 0 aliphatic rings. The second-order valence-electron chi connectivity index (χ2n) is 4.72. The summed E-state index contributed by atoms with van der Waals surface area (Å²) < 4.78 is 27.9. The van der Waals surface area contributed by atoms with E-state index in [9.17, 15) is 13.6 Å². The van der Waals surface area contributed by atoms with E-state index in [-0.39, 0.29) is 11.6 Å². The molecule has 0 saturated heterocycles. The summed E-state index contributed by atoms with van der Waals surface area (Å²) in [5.41, 5.74) is 1.56. The number of aromatic nitrogens is 1. The van der Waals surface area contributed by atoms with Gasteiger partial charge in [0.25, 0.3) is 5.91 Å². The van der Waals surface area contributed by atoms with E-state index in [1.54, 1.807) is 24.3 Å². The van der Waals surface area contributed by atoms with Gasteiger partial charge in [-0.15, -0.1) is 0 Å². The Morgan fingerprint density at radius 1 is 0.909 bits per heavy atom. The van der Waals surface area contributed by atoms with Crippen molar-refractivity contribution in [1.29, 1.82) is 0 Å². The minimum absolute atomic E-state index is 0.207. The molecule has 3 nitrogen and oxygen atoms in total. The van der Waals surface area contributed by atoms with E-state index in [2.05, 4.69) is 5.32 Å². The number of amides is 1. The van der Waals surface area contributed by atoms with E-state index in [0.29, 0.717) is 5.56 Å². The van der Waals surface area contributed by atoms with E-state index in [0.717, 1.165) is 17.8 Å². The highest BCUT2D eigenvalue weighted by atomic mass is 19.2. The minimum atomic E-state index is -0.999. The molecule has 0 aliphatic heterocycles. The molecular formula is C17H12F2N2O. The average Bonchev–Trinajstić information content (AvgIpc) is 3.05. The first-order chi connectivity index (χ1) is 10.6. The summed E-state index contributed by atoms with van der Waals surface area (Å²) in [7, 11) is 0. The van der Waals surface area contributed by atoms with Gasteiger partial charge in [-0.1, -0.05) is 0 Å². The maximum atomic E-state index is 13.1. The molecule has 0 saturated carbocycles. The Labute approximate surface area is 125 Å². The first-order valence-electron chi connectivity index (χ1n) is 6.63. The zero-order valence-corrected chi connectivity index (χ0v) is 11.5. The first kappa shape index (κ1) is 14.0. The quantitative estimate of drug-likeness (QED) is 0.779. The highest BCUT2D eigenvalue weighted by Gasteiger charge is 2.08. The van der Waals surface area contributed by atoms with Gasteiger partial charge in [0.2, 0.25) is 0 Å². The van der Waals surface area contributed by atoms with E-state index in [1.807, 2.05) is 29.1 Å².